The third-order valence-electron chi connectivity index (χ3n) is 3.02. The van der Waals surface area contributed by atoms with Crippen molar-refractivity contribution < 1.29 is 23.9 Å². The van der Waals surface area contributed by atoms with Gasteiger partial charge in [-0.25, -0.2) is 4.79 Å². The number of benzene rings is 1. The van der Waals surface area contributed by atoms with E-state index in [2.05, 4.69) is 5.32 Å². The third-order valence-corrected chi connectivity index (χ3v) is 3.90. The van der Waals surface area contributed by atoms with Crippen LogP contribution in [0, 0.1) is 0 Å². The minimum Gasteiger partial charge on any atom is -0.482 e. The predicted octanol–water partition coefficient (Wildman–Crippen LogP) is 2.19. The molecule has 0 saturated carbocycles. The number of esters is 1. The highest BCUT2D eigenvalue weighted by molar-refractivity contribution is 7.09. The van der Waals surface area contributed by atoms with Crippen molar-refractivity contribution in [2.45, 2.75) is 13.5 Å². The van der Waals surface area contributed by atoms with Gasteiger partial charge in [0, 0.05) is 10.4 Å². The van der Waals surface area contributed by atoms with Gasteiger partial charge in [-0.1, -0.05) is 6.07 Å². The molecule has 0 aliphatic heterocycles. The summed E-state index contributed by atoms with van der Waals surface area (Å²) in [5.41, 5.74) is 0.562. The Hall–Kier alpha value is -2.67. The van der Waals surface area contributed by atoms with Gasteiger partial charge in [0.1, 0.15) is 5.75 Å². The van der Waals surface area contributed by atoms with Crippen molar-refractivity contribution in [3.8, 4) is 5.75 Å². The number of thiophene rings is 1. The molecule has 7 heteroatoms. The van der Waals surface area contributed by atoms with Crippen LogP contribution in [0.1, 0.15) is 22.2 Å². The molecule has 6 nitrogen and oxygen atoms in total. The second-order valence-corrected chi connectivity index (χ2v) is 5.92. The van der Waals surface area contributed by atoms with E-state index >= 15 is 0 Å². The Labute approximate surface area is 143 Å². The molecule has 0 aliphatic carbocycles. The second-order valence-electron chi connectivity index (χ2n) is 4.89. The van der Waals surface area contributed by atoms with Crippen LogP contribution in [-0.4, -0.2) is 30.9 Å². The first kappa shape index (κ1) is 17.7. The molecule has 1 aromatic carbocycles. The fourth-order valence-electron chi connectivity index (χ4n) is 1.77. The summed E-state index contributed by atoms with van der Waals surface area (Å²) in [6.07, 6.45) is 0. The fraction of sp³-hybridized carbons (Fsp3) is 0.235. The van der Waals surface area contributed by atoms with Crippen LogP contribution < -0.4 is 10.1 Å². The first-order valence-corrected chi connectivity index (χ1v) is 8.11. The average Bonchev–Trinajstić information content (AvgIpc) is 3.10. The van der Waals surface area contributed by atoms with E-state index in [1.54, 1.807) is 24.3 Å². The van der Waals surface area contributed by atoms with Gasteiger partial charge >= 0.3 is 5.97 Å². The Morgan fingerprint density at radius 2 is 1.83 bits per heavy atom. The highest BCUT2D eigenvalue weighted by Gasteiger charge is 2.09. The number of hydrogen-bond donors (Lipinski definition) is 1. The summed E-state index contributed by atoms with van der Waals surface area (Å²) in [4.78, 5) is 35.3. The lowest BCUT2D eigenvalue weighted by molar-refractivity contribution is -0.150. The van der Waals surface area contributed by atoms with Crippen LogP contribution in [0.5, 0.6) is 5.75 Å². The molecule has 2 aromatic rings. The van der Waals surface area contributed by atoms with Crippen LogP contribution in [0.4, 0.5) is 0 Å². The van der Waals surface area contributed by atoms with Crippen LogP contribution in [0.2, 0.25) is 0 Å². The van der Waals surface area contributed by atoms with E-state index in [0.29, 0.717) is 17.9 Å². The molecule has 1 amide bonds. The molecule has 0 atom stereocenters. The van der Waals surface area contributed by atoms with Crippen LogP contribution in [0.3, 0.4) is 0 Å². The van der Waals surface area contributed by atoms with Crippen molar-refractivity contribution in [2.75, 3.05) is 13.2 Å². The van der Waals surface area contributed by atoms with Crippen LogP contribution in [0.15, 0.2) is 41.8 Å². The van der Waals surface area contributed by atoms with E-state index in [9.17, 15) is 14.4 Å². The number of carbonyl (C=O) groups excluding carboxylic acids is 3. The molecule has 0 bridgehead atoms. The zero-order valence-corrected chi connectivity index (χ0v) is 13.9. The summed E-state index contributed by atoms with van der Waals surface area (Å²) in [7, 11) is 0. The Morgan fingerprint density at radius 1 is 1.08 bits per heavy atom. The number of ketones is 1. The summed E-state index contributed by atoms with van der Waals surface area (Å²) in [5.74, 6) is -0.618. The zero-order chi connectivity index (χ0) is 17.4. The quantitative estimate of drug-likeness (QED) is 0.585. The first-order chi connectivity index (χ1) is 11.5. The topological polar surface area (TPSA) is 81.7 Å². The number of nitrogens with one attached hydrogen (secondary N) is 1. The van der Waals surface area contributed by atoms with Gasteiger partial charge in [-0.2, -0.15) is 0 Å². The van der Waals surface area contributed by atoms with Gasteiger partial charge in [-0.15, -0.1) is 11.3 Å². The Kier molecular flexibility index (Phi) is 6.51. The molecule has 2 rings (SSSR count). The summed E-state index contributed by atoms with van der Waals surface area (Å²) in [5, 5.41) is 4.57. The molecule has 1 heterocycles. The normalized spacial score (nSPS) is 10.0. The Bertz CT molecular complexity index is 694. The monoisotopic (exact) mass is 347 g/mol. The van der Waals surface area contributed by atoms with Crippen molar-refractivity contribution in [3.05, 3.63) is 52.2 Å². The van der Waals surface area contributed by atoms with E-state index in [1.165, 1.54) is 18.3 Å². The molecular formula is C17H17NO5S. The lowest BCUT2D eigenvalue weighted by Crippen LogP contribution is -2.29. The van der Waals surface area contributed by atoms with Gasteiger partial charge in [-0.05, 0) is 42.6 Å². The molecule has 0 aliphatic rings. The van der Waals surface area contributed by atoms with E-state index < -0.39 is 5.97 Å². The van der Waals surface area contributed by atoms with Gasteiger partial charge in [0.2, 0.25) is 0 Å². The van der Waals surface area contributed by atoms with E-state index in [0.717, 1.165) is 4.88 Å². The van der Waals surface area contributed by atoms with Crippen molar-refractivity contribution in [1.29, 1.82) is 0 Å². The van der Waals surface area contributed by atoms with Gasteiger partial charge in [0.15, 0.2) is 19.0 Å². The second kappa shape index (κ2) is 8.83. The average molecular weight is 347 g/mol. The molecule has 0 radical (unpaired) electrons. The largest absolute Gasteiger partial charge is 0.482 e. The van der Waals surface area contributed by atoms with Gasteiger partial charge < -0.3 is 14.8 Å². The predicted molar refractivity (Wildman–Crippen MR) is 89.1 cm³/mol. The SMILES string of the molecule is CC(=O)c1ccc(OCC(=O)OCC(=O)NCc2cccs2)cc1. The molecule has 1 aromatic heterocycles. The molecular weight excluding hydrogens is 330 g/mol. The summed E-state index contributed by atoms with van der Waals surface area (Å²) in [6, 6.07) is 10.2. The molecule has 126 valence electrons. The highest BCUT2D eigenvalue weighted by Crippen LogP contribution is 2.12. The number of rotatable bonds is 8. The third kappa shape index (κ3) is 5.85. The number of amides is 1. The minimum atomic E-state index is -0.642. The van der Waals surface area contributed by atoms with Crippen molar-refractivity contribution in [1.82, 2.24) is 5.32 Å². The van der Waals surface area contributed by atoms with Crippen molar-refractivity contribution >= 4 is 29.0 Å². The van der Waals surface area contributed by atoms with E-state index in [1.807, 2.05) is 17.5 Å². The molecule has 0 spiro atoms. The number of Topliss-reactive ketones (excluding diaryl/α,β-unsaturated/α-hetero) is 1. The Balaban J connectivity index is 1.65. The number of carbonyl (C=O) groups is 3. The summed E-state index contributed by atoms with van der Waals surface area (Å²) in [6.45, 7) is 1.22. The highest BCUT2D eigenvalue weighted by atomic mass is 32.1. The summed E-state index contributed by atoms with van der Waals surface area (Å²) >= 11 is 1.53. The lowest BCUT2D eigenvalue weighted by atomic mass is 10.1. The molecule has 24 heavy (non-hydrogen) atoms. The standard InChI is InChI=1S/C17H17NO5S/c1-12(19)13-4-6-14(7-5-13)22-11-17(21)23-10-16(20)18-9-15-3-2-8-24-15/h2-8H,9-11H2,1H3,(H,18,20). The minimum absolute atomic E-state index is 0.0467. The van der Waals surface area contributed by atoms with Crippen LogP contribution in [-0.2, 0) is 20.9 Å². The maximum atomic E-state index is 11.6. The maximum Gasteiger partial charge on any atom is 0.344 e. The van der Waals surface area contributed by atoms with Crippen molar-refractivity contribution in [2.24, 2.45) is 0 Å². The molecule has 0 saturated heterocycles. The van der Waals surface area contributed by atoms with E-state index in [-0.39, 0.29) is 24.9 Å². The van der Waals surface area contributed by atoms with Crippen LogP contribution in [0.25, 0.3) is 0 Å². The Morgan fingerprint density at radius 3 is 2.46 bits per heavy atom. The molecule has 0 unspecified atom stereocenters. The van der Waals surface area contributed by atoms with Gasteiger partial charge in [0.05, 0.1) is 6.54 Å². The summed E-state index contributed by atoms with van der Waals surface area (Å²) < 4.78 is 10.1. The smallest absolute Gasteiger partial charge is 0.344 e. The first-order valence-electron chi connectivity index (χ1n) is 7.23. The van der Waals surface area contributed by atoms with Gasteiger partial charge in [-0.3, -0.25) is 9.59 Å². The van der Waals surface area contributed by atoms with E-state index in [4.69, 9.17) is 9.47 Å². The van der Waals surface area contributed by atoms with Gasteiger partial charge in [0.25, 0.3) is 5.91 Å². The number of ether oxygens (including phenoxy) is 2. The fourth-order valence-corrected chi connectivity index (χ4v) is 2.41. The molecule has 1 N–H and O–H groups in total. The zero-order valence-electron chi connectivity index (χ0n) is 13.1. The molecule has 0 fully saturated rings. The van der Waals surface area contributed by atoms with Crippen LogP contribution >= 0.6 is 11.3 Å². The lowest BCUT2D eigenvalue weighted by Gasteiger charge is -2.07. The number of hydrogen-bond acceptors (Lipinski definition) is 6. The maximum absolute atomic E-state index is 11.6. The van der Waals surface area contributed by atoms with Crippen molar-refractivity contribution in [3.63, 3.8) is 0 Å².